The number of rotatable bonds is 12. The van der Waals surface area contributed by atoms with Crippen LogP contribution in [0.2, 0.25) is 25.1 Å². The minimum absolute atomic E-state index is 0.544. The molecule has 0 N–H and O–H groups in total. The third-order valence-corrected chi connectivity index (χ3v) is 22.1. The first-order chi connectivity index (χ1) is 58.9. The quantitative estimate of drug-likeness (QED) is 0.111. The molecule has 596 valence electrons. The first kappa shape index (κ1) is 81.0. The van der Waals surface area contributed by atoms with Crippen LogP contribution in [0.15, 0.2) is 279 Å². The van der Waals surface area contributed by atoms with Crippen LogP contribution in [-0.2, 0) is 34.7 Å². The summed E-state index contributed by atoms with van der Waals surface area (Å²) in [6.07, 6.45) is 0. The van der Waals surface area contributed by atoms with E-state index in [-0.39, 0.29) is 0 Å². The molecule has 0 atom stereocenters. The van der Waals surface area contributed by atoms with Crippen molar-refractivity contribution in [1.82, 2.24) is 99.9 Å². The van der Waals surface area contributed by atoms with Crippen molar-refractivity contribution in [2.45, 2.75) is 34.2 Å². The van der Waals surface area contributed by atoms with E-state index in [9.17, 15) is 0 Å². The minimum Gasteiger partial charge on any atom is -0.497 e. The van der Waals surface area contributed by atoms with Crippen molar-refractivity contribution < 1.29 is 4.74 Å². The molecule has 20 aromatic rings. The molecule has 0 aliphatic rings. The van der Waals surface area contributed by atoms with Gasteiger partial charge in [-0.1, -0.05) is 324 Å². The molecule has 10 heterocycles. The van der Waals surface area contributed by atoms with E-state index < -0.39 is 0 Å². The second-order valence-corrected chi connectivity index (χ2v) is 30.2. The Hall–Kier alpha value is -13.8. The second kappa shape index (κ2) is 35.8. The molecule has 0 amide bonds. The number of methoxy groups -OCH3 is 1. The van der Waals surface area contributed by atoms with Gasteiger partial charge in [0.15, 0.2) is 28.2 Å². The van der Waals surface area contributed by atoms with E-state index in [4.69, 9.17) is 67.8 Å². The lowest BCUT2D eigenvalue weighted by Crippen LogP contribution is -1.99. The summed E-state index contributed by atoms with van der Waals surface area (Å²) >= 11 is 33.7. The number of aromatic nitrogens is 20. The summed E-state index contributed by atoms with van der Waals surface area (Å²) in [5.41, 5.74) is 24.0. The van der Waals surface area contributed by atoms with Crippen LogP contribution in [0.5, 0.6) is 5.75 Å². The molecule has 0 bridgehead atoms. The smallest absolute Gasteiger partial charge is 0.182 e. The average Bonchev–Trinajstić information content (AvgIpc) is 1.65. The Morgan fingerprint density at radius 1 is 0.256 bits per heavy atom. The van der Waals surface area contributed by atoms with Gasteiger partial charge in [0.25, 0.3) is 0 Å². The zero-order valence-electron chi connectivity index (χ0n) is 67.0. The molecule has 10 aromatic carbocycles. The van der Waals surface area contributed by atoms with Gasteiger partial charge in [-0.05, 0) is 57.5 Å². The third-order valence-electron chi connectivity index (χ3n) is 20.3. The molecule has 0 unspecified atom stereocenters. The fourth-order valence-corrected chi connectivity index (χ4v) is 15.9. The van der Waals surface area contributed by atoms with Gasteiger partial charge in [0.05, 0.1) is 59.2 Å². The van der Waals surface area contributed by atoms with Crippen molar-refractivity contribution >= 4 is 113 Å². The first-order valence-electron chi connectivity index (χ1n) is 38.6. The lowest BCUT2D eigenvalue weighted by atomic mass is 10.0. The number of fused-ring (bicyclic) bond motifs is 5. The van der Waals surface area contributed by atoms with E-state index in [1.165, 1.54) is 5.56 Å². The minimum atomic E-state index is 0.544. The van der Waals surface area contributed by atoms with Crippen LogP contribution in [0.1, 0.15) is 23.6 Å². The number of nitrogens with zero attached hydrogens (tertiary/aromatic N) is 20. The normalized spacial score (nSPS) is 11.1. The van der Waals surface area contributed by atoms with E-state index in [2.05, 4.69) is 116 Å². The van der Waals surface area contributed by atoms with E-state index in [1.807, 2.05) is 295 Å². The van der Waals surface area contributed by atoms with Gasteiger partial charge in [-0.3, -0.25) is 0 Å². The molecule has 21 nitrogen and oxygen atoms in total. The third kappa shape index (κ3) is 16.5. The van der Waals surface area contributed by atoms with Gasteiger partial charge in [0.2, 0.25) is 0 Å². The Bertz CT molecular complexity index is 7100. The van der Waals surface area contributed by atoms with E-state index in [1.54, 1.807) is 25.8 Å². The molecule has 0 spiro atoms. The molecule has 10 aromatic heterocycles. The highest BCUT2D eigenvalue weighted by atomic mass is 35.5. The Labute approximate surface area is 721 Å². The van der Waals surface area contributed by atoms with Crippen LogP contribution in [0.4, 0.5) is 0 Å². The van der Waals surface area contributed by atoms with Crippen molar-refractivity contribution in [1.29, 1.82) is 0 Å². The largest absolute Gasteiger partial charge is 0.497 e. The van der Waals surface area contributed by atoms with Gasteiger partial charge in [-0.15, -0.1) is 51.0 Å². The Morgan fingerprint density at radius 3 is 0.851 bits per heavy atom. The van der Waals surface area contributed by atoms with Gasteiger partial charge < -0.3 is 4.74 Å². The monoisotopic (exact) mass is 1690 g/mol. The fourth-order valence-electron chi connectivity index (χ4n) is 14.3. The van der Waals surface area contributed by atoms with Crippen molar-refractivity contribution in [2.24, 2.45) is 28.2 Å². The molecule has 121 heavy (non-hydrogen) atoms. The molecule has 0 aliphatic heterocycles. The summed E-state index contributed by atoms with van der Waals surface area (Å²) in [5.74, 6) is 0.762. The Balaban J connectivity index is 0.000000112. The Kier molecular flexibility index (Phi) is 24.0. The van der Waals surface area contributed by atoms with Crippen LogP contribution in [0, 0.1) is 20.8 Å². The summed E-state index contributed by atoms with van der Waals surface area (Å²) in [7, 11) is 9.04. The molecular weight excluding hydrogens is 1610 g/mol. The lowest BCUT2D eigenvalue weighted by Gasteiger charge is -2.06. The summed E-state index contributed by atoms with van der Waals surface area (Å²) in [4.78, 5) is 0. The topological polar surface area (TPSA) is 227 Å². The highest BCUT2D eigenvalue weighted by Gasteiger charge is 2.27. The predicted molar refractivity (Wildman–Crippen MR) is 486 cm³/mol. The molecule has 26 heteroatoms. The SMILES string of the molecule is CCn1nc(-c2ccccc2)c2c(Cl)c(-c3ccccc3)nnc21.COc1cccc(-c2nn(C)c3nnc(-c4ccccc4)c(Cl)c23)c1.Cc1cccc(-c2nn(C)c3nnc(-c4ccccc4)c(Cl)c23)c1.Cc1cccc(-c2nnc3c(c(-c4ccccc4)nn3C)c2Cl)c1.Cc1ccccc1-c1nn(C)c2nnc(-c3ccccc3)c(Cl)c12. The number of hydrogen-bond acceptors (Lipinski definition) is 16. The fraction of sp³-hybridized carbons (Fsp3) is 0.105. The first-order valence-corrected chi connectivity index (χ1v) is 40.5. The van der Waals surface area contributed by atoms with Crippen molar-refractivity contribution in [3.8, 4) is 118 Å². The Morgan fingerprint density at radius 2 is 0.512 bits per heavy atom. The van der Waals surface area contributed by atoms with Gasteiger partial charge in [0, 0.05) is 90.4 Å². The molecule has 0 aliphatic carbocycles. The van der Waals surface area contributed by atoms with Crippen molar-refractivity contribution in [3.05, 3.63) is 321 Å². The lowest BCUT2D eigenvalue weighted by molar-refractivity contribution is 0.415. The number of hydrogen-bond donors (Lipinski definition) is 0. The number of halogens is 5. The molecular formula is C95H75Cl5N20O. The van der Waals surface area contributed by atoms with Crippen LogP contribution < -0.4 is 4.74 Å². The summed E-state index contributed by atoms with van der Waals surface area (Å²) in [5, 5.41) is 73.6. The molecule has 0 saturated heterocycles. The zero-order valence-corrected chi connectivity index (χ0v) is 70.8. The maximum Gasteiger partial charge on any atom is 0.182 e. The van der Waals surface area contributed by atoms with Gasteiger partial charge in [-0.2, -0.15) is 25.5 Å². The van der Waals surface area contributed by atoms with E-state index >= 15 is 0 Å². The van der Waals surface area contributed by atoms with E-state index in [0.29, 0.717) is 88.4 Å². The van der Waals surface area contributed by atoms with Crippen LogP contribution >= 0.6 is 58.0 Å². The summed E-state index contributed by atoms with van der Waals surface area (Å²) in [6, 6.07) is 91.5. The second-order valence-electron chi connectivity index (χ2n) is 28.3. The highest BCUT2D eigenvalue weighted by molar-refractivity contribution is 6.41. The van der Waals surface area contributed by atoms with Crippen molar-refractivity contribution in [2.75, 3.05) is 7.11 Å². The van der Waals surface area contributed by atoms with Crippen LogP contribution in [0.3, 0.4) is 0 Å². The number of aryl methyl sites for hydroxylation is 8. The highest BCUT2D eigenvalue weighted by Crippen LogP contribution is 2.44. The van der Waals surface area contributed by atoms with Crippen molar-refractivity contribution in [3.63, 3.8) is 0 Å². The molecule has 0 radical (unpaired) electrons. The van der Waals surface area contributed by atoms with Crippen LogP contribution in [-0.4, -0.2) is 107 Å². The predicted octanol–water partition coefficient (Wildman–Crippen LogP) is 23.2. The maximum absolute atomic E-state index is 6.75. The van der Waals surface area contributed by atoms with Gasteiger partial charge in [-0.25, -0.2) is 23.4 Å². The standard InChI is InChI=1S/C19H15ClN4O.4C19H15ClN4/c1-24-19-15(17(23-24)13-9-6-10-14(11-13)25-2)16(20)18(21-22-19)12-7-4-3-5-8-12;1-12-8-6-7-11-14(12)18-15-16(20)17(13-9-4-3-5-10-13)21-22-19(15)24(2)23-18;1-12-7-6-10-14(11-12)17-15-16(20)18(13-8-4-3-5-9-13)21-22-19(15)24(2)23-17;1-12-7-6-10-14(11-12)18-16(20)15-17(13-8-4-3-5-9-13)23-24(2)19(15)22-21-18;1-2-24-19-15(17(23-24)13-9-5-3-6-10-13)16(20)18(21-22-19)14-11-7-4-8-12-14/h3-11H,1-2H3;3*3-11H,1-2H3;3-12H,2H2,1H3. The number of ether oxygens (including phenoxy) is 1. The van der Waals surface area contributed by atoms with Gasteiger partial charge >= 0.3 is 0 Å². The zero-order chi connectivity index (χ0) is 84.0. The summed E-state index contributed by atoms with van der Waals surface area (Å²) < 4.78 is 14.0. The van der Waals surface area contributed by atoms with E-state index in [0.717, 1.165) is 128 Å². The number of benzene rings is 10. The summed E-state index contributed by atoms with van der Waals surface area (Å²) in [6.45, 7) is 8.91. The molecule has 0 saturated carbocycles. The van der Waals surface area contributed by atoms with Gasteiger partial charge in [0.1, 0.15) is 62.7 Å². The molecule has 0 fully saturated rings. The molecule has 20 rings (SSSR count). The maximum atomic E-state index is 6.75. The van der Waals surface area contributed by atoms with Crippen LogP contribution in [0.25, 0.3) is 168 Å². The average molecular weight is 1690 g/mol.